The van der Waals surface area contributed by atoms with Crippen LogP contribution in [0.15, 0.2) is 36.5 Å². The van der Waals surface area contributed by atoms with E-state index < -0.39 is 0 Å². The SMILES string of the molecule is O=C(S)N1CC=CC=CC=CC1. The largest absolute Gasteiger partial charge is 0.326 e. The lowest BCUT2D eigenvalue weighted by Crippen LogP contribution is -2.26. The predicted octanol–water partition coefficient (Wildman–Crippen LogP) is 2.02. The van der Waals surface area contributed by atoms with Crippen molar-refractivity contribution in [3.05, 3.63) is 36.5 Å². The van der Waals surface area contributed by atoms with Gasteiger partial charge in [-0.3, -0.25) is 4.79 Å². The molecule has 0 saturated heterocycles. The van der Waals surface area contributed by atoms with E-state index in [2.05, 4.69) is 12.6 Å². The third-order valence-corrected chi connectivity index (χ3v) is 1.81. The van der Waals surface area contributed by atoms with Gasteiger partial charge in [-0.05, 0) is 0 Å². The first-order valence-corrected chi connectivity index (χ1v) is 4.21. The summed E-state index contributed by atoms with van der Waals surface area (Å²) in [6.45, 7) is 1.24. The summed E-state index contributed by atoms with van der Waals surface area (Å²) in [6, 6.07) is 0. The number of thiol groups is 1. The van der Waals surface area contributed by atoms with E-state index in [4.69, 9.17) is 0 Å². The fourth-order valence-corrected chi connectivity index (χ4v) is 1.06. The molecule has 64 valence electrons. The number of nitrogens with zero attached hydrogens (tertiary/aromatic N) is 1. The fraction of sp³-hybridized carbons (Fsp3) is 0.222. The molecular weight excluding hydrogens is 170 g/mol. The van der Waals surface area contributed by atoms with E-state index in [1.165, 1.54) is 0 Å². The summed E-state index contributed by atoms with van der Waals surface area (Å²) in [7, 11) is 0. The van der Waals surface area contributed by atoms with E-state index >= 15 is 0 Å². The zero-order valence-electron chi connectivity index (χ0n) is 6.68. The molecule has 1 aliphatic heterocycles. The standard InChI is InChI=1S/C9H11NOS/c11-9(12)10-7-5-3-1-2-4-6-8-10/h1-6H,7-8H2,(H,11,12). The van der Waals surface area contributed by atoms with Gasteiger partial charge in [-0.15, -0.1) is 0 Å². The molecule has 0 radical (unpaired) electrons. The summed E-state index contributed by atoms with van der Waals surface area (Å²) in [5, 5.41) is -0.189. The van der Waals surface area contributed by atoms with Crippen LogP contribution in [0.5, 0.6) is 0 Å². The van der Waals surface area contributed by atoms with Crippen molar-refractivity contribution < 1.29 is 4.79 Å². The Bertz CT molecular complexity index is 225. The molecule has 0 atom stereocenters. The van der Waals surface area contributed by atoms with Crippen molar-refractivity contribution in [1.29, 1.82) is 0 Å². The van der Waals surface area contributed by atoms with Crippen molar-refractivity contribution in [3.63, 3.8) is 0 Å². The van der Waals surface area contributed by atoms with E-state index in [1.807, 2.05) is 36.5 Å². The maximum absolute atomic E-state index is 10.9. The number of allylic oxidation sites excluding steroid dienone is 4. The number of rotatable bonds is 0. The Labute approximate surface area is 77.7 Å². The van der Waals surface area contributed by atoms with E-state index in [1.54, 1.807) is 4.90 Å². The second kappa shape index (κ2) is 4.83. The molecule has 3 heteroatoms. The molecule has 0 saturated carbocycles. The Morgan fingerprint density at radius 1 is 1.08 bits per heavy atom. The molecule has 1 amide bonds. The van der Waals surface area contributed by atoms with Crippen molar-refractivity contribution in [2.45, 2.75) is 0 Å². The third kappa shape index (κ3) is 2.96. The highest BCUT2D eigenvalue weighted by Gasteiger charge is 2.04. The quantitative estimate of drug-likeness (QED) is 0.567. The number of carbonyl (C=O) groups is 1. The monoisotopic (exact) mass is 181 g/mol. The average molecular weight is 181 g/mol. The first kappa shape index (κ1) is 9.13. The molecule has 0 aromatic carbocycles. The van der Waals surface area contributed by atoms with E-state index in [0.717, 1.165) is 0 Å². The van der Waals surface area contributed by atoms with Crippen molar-refractivity contribution in [1.82, 2.24) is 4.90 Å². The Morgan fingerprint density at radius 2 is 1.58 bits per heavy atom. The average Bonchev–Trinajstić information content (AvgIpc) is 2.15. The topological polar surface area (TPSA) is 20.3 Å². The van der Waals surface area contributed by atoms with Crippen LogP contribution in [0.25, 0.3) is 0 Å². The van der Waals surface area contributed by atoms with Crippen LogP contribution in [0, 0.1) is 0 Å². The number of hydrogen-bond donors (Lipinski definition) is 1. The summed E-state index contributed by atoms with van der Waals surface area (Å²) >= 11 is 3.76. The van der Waals surface area contributed by atoms with Gasteiger partial charge < -0.3 is 4.90 Å². The van der Waals surface area contributed by atoms with Crippen LogP contribution >= 0.6 is 12.6 Å². The first-order valence-electron chi connectivity index (χ1n) is 3.77. The van der Waals surface area contributed by atoms with Gasteiger partial charge in [0.1, 0.15) is 0 Å². The molecule has 0 spiro atoms. The number of hydrogen-bond acceptors (Lipinski definition) is 1. The normalized spacial score (nSPS) is 16.9. The molecule has 0 fully saturated rings. The predicted molar refractivity (Wildman–Crippen MR) is 53.4 cm³/mol. The maximum atomic E-state index is 10.9. The third-order valence-electron chi connectivity index (χ3n) is 1.53. The van der Waals surface area contributed by atoms with E-state index in [-0.39, 0.29) is 5.24 Å². The Kier molecular flexibility index (Phi) is 3.67. The van der Waals surface area contributed by atoms with Crippen LogP contribution in [0.1, 0.15) is 0 Å². The molecule has 0 aromatic rings. The zero-order chi connectivity index (χ0) is 8.81. The van der Waals surface area contributed by atoms with E-state index in [9.17, 15) is 4.79 Å². The van der Waals surface area contributed by atoms with Gasteiger partial charge in [0.15, 0.2) is 0 Å². The second-order valence-electron chi connectivity index (χ2n) is 2.43. The number of amides is 1. The van der Waals surface area contributed by atoms with Crippen LogP contribution in [-0.4, -0.2) is 23.2 Å². The summed E-state index contributed by atoms with van der Waals surface area (Å²) in [6.07, 6.45) is 11.6. The van der Waals surface area contributed by atoms with Crippen molar-refractivity contribution in [2.75, 3.05) is 13.1 Å². The van der Waals surface area contributed by atoms with Crippen molar-refractivity contribution in [3.8, 4) is 0 Å². The van der Waals surface area contributed by atoms with Gasteiger partial charge in [-0.2, -0.15) is 0 Å². The van der Waals surface area contributed by atoms with Crippen LogP contribution in [0.3, 0.4) is 0 Å². The molecule has 1 aliphatic rings. The first-order chi connectivity index (χ1) is 5.80. The van der Waals surface area contributed by atoms with Gasteiger partial charge >= 0.3 is 0 Å². The summed E-state index contributed by atoms with van der Waals surface area (Å²) in [5.74, 6) is 0. The van der Waals surface area contributed by atoms with Gasteiger partial charge in [0, 0.05) is 13.1 Å². The minimum absolute atomic E-state index is 0.189. The Morgan fingerprint density at radius 3 is 2.00 bits per heavy atom. The lowest BCUT2D eigenvalue weighted by atomic mass is 10.4. The molecule has 0 unspecified atom stereocenters. The molecule has 1 heterocycles. The molecule has 0 bridgehead atoms. The highest BCUT2D eigenvalue weighted by Crippen LogP contribution is 1.98. The van der Waals surface area contributed by atoms with Gasteiger partial charge in [0.05, 0.1) is 0 Å². The minimum atomic E-state index is -0.189. The van der Waals surface area contributed by atoms with Crippen LogP contribution in [0.2, 0.25) is 0 Å². The van der Waals surface area contributed by atoms with Crippen LogP contribution < -0.4 is 0 Å². The zero-order valence-corrected chi connectivity index (χ0v) is 7.58. The molecule has 12 heavy (non-hydrogen) atoms. The molecular formula is C9H11NOS. The highest BCUT2D eigenvalue weighted by molar-refractivity contribution is 7.96. The van der Waals surface area contributed by atoms with Crippen LogP contribution in [-0.2, 0) is 0 Å². The smallest absolute Gasteiger partial charge is 0.279 e. The van der Waals surface area contributed by atoms with Crippen LogP contribution in [0.4, 0.5) is 4.79 Å². The van der Waals surface area contributed by atoms with Gasteiger partial charge in [0.2, 0.25) is 0 Å². The van der Waals surface area contributed by atoms with Crippen molar-refractivity contribution >= 4 is 17.9 Å². The second-order valence-corrected chi connectivity index (χ2v) is 2.81. The summed E-state index contributed by atoms with van der Waals surface area (Å²) < 4.78 is 0. The van der Waals surface area contributed by atoms with Crippen molar-refractivity contribution in [2.24, 2.45) is 0 Å². The number of carbonyl (C=O) groups excluding carboxylic acids is 1. The fourth-order valence-electron chi connectivity index (χ4n) is 0.892. The molecule has 0 aliphatic carbocycles. The lowest BCUT2D eigenvalue weighted by molar-refractivity contribution is 0.233. The summed E-state index contributed by atoms with van der Waals surface area (Å²) in [5.41, 5.74) is 0. The Hall–Kier alpha value is -0.960. The minimum Gasteiger partial charge on any atom is -0.326 e. The molecule has 1 rings (SSSR count). The maximum Gasteiger partial charge on any atom is 0.279 e. The molecule has 0 N–H and O–H groups in total. The summed E-state index contributed by atoms with van der Waals surface area (Å²) in [4.78, 5) is 12.5. The van der Waals surface area contributed by atoms with Gasteiger partial charge in [-0.25, -0.2) is 0 Å². The Balaban J connectivity index is 2.62. The molecule has 2 nitrogen and oxygen atoms in total. The molecule has 0 aromatic heterocycles. The van der Waals surface area contributed by atoms with E-state index in [0.29, 0.717) is 13.1 Å². The lowest BCUT2D eigenvalue weighted by Gasteiger charge is -2.15. The van der Waals surface area contributed by atoms with Gasteiger partial charge in [-0.1, -0.05) is 49.1 Å². The highest BCUT2D eigenvalue weighted by atomic mass is 32.1. The van der Waals surface area contributed by atoms with Gasteiger partial charge in [0.25, 0.3) is 5.24 Å².